The Bertz CT molecular complexity index is 1280. The zero-order valence-electron chi connectivity index (χ0n) is 23.3. The van der Waals surface area contributed by atoms with E-state index >= 15 is 0 Å². The lowest BCUT2D eigenvalue weighted by Gasteiger charge is -2.31. The first-order chi connectivity index (χ1) is 19.8. The van der Waals surface area contributed by atoms with Gasteiger partial charge in [-0.1, -0.05) is 44.2 Å². The summed E-state index contributed by atoms with van der Waals surface area (Å²) >= 11 is 0. The zero-order chi connectivity index (χ0) is 30.5. The topological polar surface area (TPSA) is 129 Å². The van der Waals surface area contributed by atoms with Gasteiger partial charge in [-0.25, -0.2) is 13.2 Å². The van der Waals surface area contributed by atoms with Gasteiger partial charge >= 0.3 is 12.5 Å². The molecule has 2 aromatic rings. The molecule has 42 heavy (non-hydrogen) atoms. The number of halogens is 3. The number of carbonyl (C=O) groups excluding carboxylic acids is 1. The highest BCUT2D eigenvalue weighted by atomic mass is 32.2. The van der Waals surface area contributed by atoms with E-state index in [2.05, 4.69) is 10.1 Å². The Morgan fingerprint density at radius 2 is 1.79 bits per heavy atom. The second-order valence-electron chi connectivity index (χ2n) is 10.8. The van der Waals surface area contributed by atoms with Crippen molar-refractivity contribution in [2.45, 2.75) is 62.4 Å². The zero-order valence-corrected chi connectivity index (χ0v) is 24.1. The average Bonchev–Trinajstić information content (AvgIpc) is 3.53. The molecular weight excluding hydrogens is 579 g/mol. The second-order valence-corrected chi connectivity index (χ2v) is 12.7. The van der Waals surface area contributed by atoms with Crippen LogP contribution in [-0.2, 0) is 30.7 Å². The molecule has 0 radical (unpaired) electrons. The minimum Gasteiger partial charge on any atom is -0.443 e. The second kappa shape index (κ2) is 13.6. The Morgan fingerprint density at radius 1 is 1.10 bits per heavy atom. The van der Waals surface area contributed by atoms with E-state index in [1.165, 1.54) is 4.31 Å². The van der Waals surface area contributed by atoms with E-state index in [0.717, 1.165) is 29.8 Å². The number of sulfonamides is 1. The Balaban J connectivity index is 1.50. The number of hydrogen-bond acceptors (Lipinski definition) is 8. The summed E-state index contributed by atoms with van der Waals surface area (Å²) in [5.41, 5.74) is 7.45. The molecule has 2 aliphatic rings. The number of nitrogens with two attached hydrogens (primary N) is 1. The Kier molecular flexibility index (Phi) is 10.4. The minimum atomic E-state index is -4.91. The normalized spacial score (nSPS) is 22.1. The summed E-state index contributed by atoms with van der Waals surface area (Å²) < 4.78 is 86.7. The number of alkyl carbamates (subject to hydrolysis) is 1. The van der Waals surface area contributed by atoms with Crippen LogP contribution in [-0.4, -0.2) is 76.0 Å². The molecule has 2 aromatic carbocycles. The number of alkyl halides is 3. The van der Waals surface area contributed by atoms with E-state index < -0.39 is 52.7 Å². The van der Waals surface area contributed by atoms with Crippen LogP contribution < -0.4 is 15.8 Å². The molecule has 0 aliphatic carbocycles. The fourth-order valence-corrected chi connectivity index (χ4v) is 6.69. The molecule has 5 atom stereocenters. The fraction of sp³-hybridized carbons (Fsp3) is 0.536. The molecular formula is C28H36F3N3O7S. The maximum absolute atomic E-state index is 13.6. The van der Waals surface area contributed by atoms with E-state index in [1.807, 2.05) is 44.2 Å². The molecule has 1 unspecified atom stereocenters. The van der Waals surface area contributed by atoms with Crippen molar-refractivity contribution in [3.05, 3.63) is 60.2 Å². The van der Waals surface area contributed by atoms with Crippen LogP contribution in [0.4, 0.5) is 18.0 Å². The molecule has 14 heteroatoms. The van der Waals surface area contributed by atoms with Gasteiger partial charge in [0.05, 0.1) is 30.1 Å². The van der Waals surface area contributed by atoms with Crippen molar-refractivity contribution in [2.75, 3.05) is 26.3 Å². The number of fused-ring (bicyclic) bond motifs is 1. The first-order valence-electron chi connectivity index (χ1n) is 13.7. The summed E-state index contributed by atoms with van der Waals surface area (Å²) in [5, 5.41) is 2.82. The predicted octanol–water partition coefficient (Wildman–Crippen LogP) is 3.66. The first-order valence-corrected chi connectivity index (χ1v) is 15.1. The number of nitrogens with zero attached hydrogens (tertiary/aromatic N) is 1. The highest BCUT2D eigenvalue weighted by Gasteiger charge is 2.44. The lowest BCUT2D eigenvalue weighted by Crippen LogP contribution is -2.55. The largest absolute Gasteiger partial charge is 0.573 e. The summed E-state index contributed by atoms with van der Waals surface area (Å²) in [4.78, 5) is 12.8. The highest BCUT2D eigenvalue weighted by Crippen LogP contribution is 2.33. The quantitative estimate of drug-likeness (QED) is 0.370. The molecule has 0 aromatic heterocycles. The predicted molar refractivity (Wildman–Crippen MR) is 146 cm³/mol. The van der Waals surface area contributed by atoms with Crippen LogP contribution in [0, 0.1) is 11.8 Å². The average molecular weight is 616 g/mol. The van der Waals surface area contributed by atoms with Crippen molar-refractivity contribution < 1.29 is 45.3 Å². The number of ether oxygens (including phenoxy) is 4. The summed E-state index contributed by atoms with van der Waals surface area (Å²) in [5.74, 6) is -0.701. The van der Waals surface area contributed by atoms with Crippen LogP contribution in [0.2, 0.25) is 0 Å². The van der Waals surface area contributed by atoms with E-state index in [1.54, 1.807) is 0 Å². The van der Waals surface area contributed by atoms with Gasteiger partial charge < -0.3 is 30.0 Å². The molecule has 0 bridgehead atoms. The van der Waals surface area contributed by atoms with Gasteiger partial charge in [0.1, 0.15) is 11.9 Å². The Morgan fingerprint density at radius 3 is 2.43 bits per heavy atom. The first kappa shape index (κ1) is 32.0. The van der Waals surface area contributed by atoms with E-state index in [-0.39, 0.29) is 36.4 Å². The number of carbonyl (C=O) groups is 1. The molecule has 0 spiro atoms. The lowest BCUT2D eigenvalue weighted by molar-refractivity contribution is -0.274. The van der Waals surface area contributed by atoms with E-state index in [0.29, 0.717) is 19.4 Å². The Labute approximate surface area is 243 Å². The van der Waals surface area contributed by atoms with Crippen molar-refractivity contribution in [3.8, 4) is 5.75 Å². The molecule has 2 saturated heterocycles. The van der Waals surface area contributed by atoms with Crippen molar-refractivity contribution in [2.24, 2.45) is 17.6 Å². The SMILES string of the molecule is CC(C)CN(C[C@@H](N)[C@H](Cc1ccccc1)NC(=O)OC1CO[C@H]2OCC[C@@H]12)S(=O)(=O)c1ccc(OC(F)(F)F)cc1. The van der Waals surface area contributed by atoms with Gasteiger partial charge in [0.15, 0.2) is 6.29 Å². The van der Waals surface area contributed by atoms with Gasteiger partial charge in [-0.2, -0.15) is 4.31 Å². The van der Waals surface area contributed by atoms with Crippen LogP contribution in [0.25, 0.3) is 0 Å². The summed E-state index contributed by atoms with van der Waals surface area (Å²) in [6.07, 6.45) is -5.47. The van der Waals surface area contributed by atoms with E-state index in [4.69, 9.17) is 19.9 Å². The number of nitrogens with one attached hydrogen (secondary N) is 1. The summed E-state index contributed by atoms with van der Waals surface area (Å²) in [6.45, 7) is 4.30. The van der Waals surface area contributed by atoms with Crippen molar-refractivity contribution in [3.63, 3.8) is 0 Å². The lowest BCUT2D eigenvalue weighted by atomic mass is 9.99. The number of amides is 1. The van der Waals surface area contributed by atoms with Crippen LogP contribution in [0.1, 0.15) is 25.8 Å². The third-order valence-corrected chi connectivity index (χ3v) is 8.89. The molecule has 1 amide bonds. The van der Waals surface area contributed by atoms with Gasteiger partial charge in [0.2, 0.25) is 10.0 Å². The molecule has 10 nitrogen and oxygen atoms in total. The molecule has 2 heterocycles. The molecule has 2 aliphatic heterocycles. The summed E-state index contributed by atoms with van der Waals surface area (Å²) in [6, 6.07) is 11.7. The van der Waals surface area contributed by atoms with Crippen molar-refractivity contribution in [1.29, 1.82) is 0 Å². The number of benzene rings is 2. The molecule has 0 saturated carbocycles. The molecule has 2 fully saturated rings. The third-order valence-electron chi connectivity index (χ3n) is 7.04. The Hall–Kier alpha value is -2.91. The smallest absolute Gasteiger partial charge is 0.443 e. The number of hydrogen-bond donors (Lipinski definition) is 2. The van der Waals surface area contributed by atoms with E-state index in [9.17, 15) is 26.4 Å². The standard InChI is InChI=1S/C28H36F3N3O7S/c1-18(2)15-34(42(36,37)21-10-8-20(9-11-21)41-28(29,30)31)16-23(32)24(14-19-6-4-3-5-7-19)33-27(35)40-25-17-39-26-22(25)12-13-38-26/h3-11,18,22-26H,12-17,32H2,1-2H3,(H,33,35)/t22-,23+,24-,25?,26+/m0/s1. The monoisotopic (exact) mass is 615 g/mol. The van der Waals surface area contributed by atoms with Crippen LogP contribution in [0.5, 0.6) is 5.75 Å². The van der Waals surface area contributed by atoms with Crippen LogP contribution in [0.15, 0.2) is 59.5 Å². The fourth-order valence-electron chi connectivity index (χ4n) is 5.05. The van der Waals surface area contributed by atoms with Crippen LogP contribution >= 0.6 is 0 Å². The maximum atomic E-state index is 13.6. The third kappa shape index (κ3) is 8.57. The van der Waals surface area contributed by atoms with Gasteiger partial charge in [-0.15, -0.1) is 13.2 Å². The molecule has 4 rings (SSSR count). The van der Waals surface area contributed by atoms with Gasteiger partial charge in [-0.05, 0) is 48.6 Å². The van der Waals surface area contributed by atoms with Crippen molar-refractivity contribution >= 4 is 16.1 Å². The van der Waals surface area contributed by atoms with Gasteiger partial charge in [0.25, 0.3) is 0 Å². The minimum absolute atomic E-state index is 0.0587. The maximum Gasteiger partial charge on any atom is 0.573 e. The van der Waals surface area contributed by atoms with Crippen LogP contribution in [0.3, 0.4) is 0 Å². The molecule has 3 N–H and O–H groups in total. The van der Waals surface area contributed by atoms with Crippen molar-refractivity contribution in [1.82, 2.24) is 9.62 Å². The highest BCUT2D eigenvalue weighted by molar-refractivity contribution is 7.89. The van der Waals surface area contributed by atoms with Gasteiger partial charge in [-0.3, -0.25) is 0 Å². The number of rotatable bonds is 12. The molecule has 232 valence electrons. The van der Waals surface area contributed by atoms with Gasteiger partial charge in [0, 0.05) is 19.1 Å². The summed E-state index contributed by atoms with van der Waals surface area (Å²) in [7, 11) is -4.17.